The van der Waals surface area contributed by atoms with Gasteiger partial charge < -0.3 is 19.7 Å². The van der Waals surface area contributed by atoms with Gasteiger partial charge in [0.15, 0.2) is 5.03 Å². The van der Waals surface area contributed by atoms with Gasteiger partial charge in [0.2, 0.25) is 0 Å². The van der Waals surface area contributed by atoms with Crippen molar-refractivity contribution in [1.82, 2.24) is 14.1 Å². The van der Waals surface area contributed by atoms with E-state index in [1.807, 2.05) is 30.6 Å². The fourth-order valence-electron chi connectivity index (χ4n) is 3.03. The number of methoxy groups -OCH3 is 2. The molecule has 2 aromatic carbocycles. The minimum absolute atomic E-state index is 0. The van der Waals surface area contributed by atoms with Gasteiger partial charge in [0.1, 0.15) is 11.5 Å². The maximum absolute atomic E-state index is 13.5. The van der Waals surface area contributed by atoms with E-state index in [1.165, 1.54) is 21.3 Å². The zero-order valence-electron chi connectivity index (χ0n) is 19.9. The first-order chi connectivity index (χ1) is 15.2. The molecule has 0 spiro atoms. The summed E-state index contributed by atoms with van der Waals surface area (Å²) in [5, 5.41) is 4.03. The molecule has 0 atom stereocenters. The Morgan fingerprint density at radius 2 is 1.35 bits per heavy atom. The van der Waals surface area contributed by atoms with Crippen LogP contribution in [0.4, 0.5) is 0 Å². The molecule has 0 aliphatic heterocycles. The maximum Gasteiger partial charge on any atom is 1.00 e. The first-order valence-corrected chi connectivity index (χ1v) is 11.3. The number of sulfonamides is 1. The Bertz CT molecular complexity index is 1110. The molecule has 3 rings (SSSR count). The Kier molecular flexibility index (Phi) is 10.9. The van der Waals surface area contributed by atoms with E-state index < -0.39 is 15.6 Å². The molecule has 3 aromatic rings. The smallest absolute Gasteiger partial charge is 0.870 e. The second kappa shape index (κ2) is 12.5. The molecule has 0 aliphatic carbocycles. The van der Waals surface area contributed by atoms with E-state index in [0.717, 1.165) is 11.1 Å². The van der Waals surface area contributed by atoms with Gasteiger partial charge in [-0.3, -0.25) is 4.68 Å². The summed E-state index contributed by atoms with van der Waals surface area (Å²) >= 11 is 0. The van der Waals surface area contributed by atoms with Crippen LogP contribution in [0.3, 0.4) is 0 Å². The van der Waals surface area contributed by atoms with Gasteiger partial charge in [-0.1, -0.05) is 38.1 Å². The molecule has 1 heterocycles. The van der Waals surface area contributed by atoms with Crippen LogP contribution in [0, 0.1) is 0 Å². The van der Waals surface area contributed by atoms with E-state index in [2.05, 4.69) is 5.10 Å². The minimum atomic E-state index is -3.97. The zero-order valence-corrected chi connectivity index (χ0v) is 22.7. The van der Waals surface area contributed by atoms with Crippen LogP contribution in [-0.2, 0) is 33.4 Å². The van der Waals surface area contributed by atoms with E-state index in [1.54, 1.807) is 52.3 Å². The van der Waals surface area contributed by atoms with Gasteiger partial charge in [-0.05, 0) is 47.0 Å². The quantitative estimate of drug-likeness (QED) is 0.285. The van der Waals surface area contributed by atoms with Crippen LogP contribution in [0.1, 0.15) is 25.0 Å². The Morgan fingerprint density at radius 3 is 1.74 bits per heavy atom. The Labute approximate surface area is 222 Å². The van der Waals surface area contributed by atoms with E-state index in [9.17, 15) is 13.2 Å². The summed E-state index contributed by atoms with van der Waals surface area (Å²) in [4.78, 5) is 11.2. The van der Waals surface area contributed by atoms with Gasteiger partial charge in [0.25, 0.3) is 10.0 Å². The summed E-state index contributed by atoms with van der Waals surface area (Å²) in [5.41, 5.74) is 0.512. The molecule has 0 radical (unpaired) electrons. The van der Waals surface area contributed by atoms with Crippen molar-refractivity contribution in [2.45, 2.75) is 37.5 Å². The molecule has 0 aliphatic rings. The monoisotopic (exact) mass is 496 g/mol. The molecule has 11 heteroatoms. The third-order valence-corrected chi connectivity index (χ3v) is 6.71. The van der Waals surface area contributed by atoms with Gasteiger partial charge in [0, 0.05) is 19.3 Å². The molecule has 0 saturated carbocycles. The molecule has 1 N–H and O–H groups in total. The van der Waals surface area contributed by atoms with Gasteiger partial charge in [0.05, 0.1) is 14.2 Å². The molecule has 1 aromatic heterocycles. The van der Waals surface area contributed by atoms with Crippen LogP contribution in [0.25, 0.3) is 0 Å². The summed E-state index contributed by atoms with van der Waals surface area (Å²) in [6, 6.07) is 15.8. The van der Waals surface area contributed by atoms with Crippen LogP contribution in [0.15, 0.2) is 65.8 Å². The average molecular weight is 497 g/mol. The number of carbonyl (C=O) groups excluding carboxylic acids is 1. The topological polar surface area (TPSA) is 121 Å². The van der Waals surface area contributed by atoms with Crippen LogP contribution in [0.5, 0.6) is 11.5 Å². The van der Waals surface area contributed by atoms with Crippen molar-refractivity contribution in [2.24, 2.45) is 0 Å². The van der Waals surface area contributed by atoms with Crippen LogP contribution in [0.2, 0.25) is 0 Å². The van der Waals surface area contributed by atoms with Crippen molar-refractivity contribution in [1.29, 1.82) is 0 Å². The van der Waals surface area contributed by atoms with Gasteiger partial charge >= 0.3 is 29.6 Å². The Balaban J connectivity index is 0.00000289. The van der Waals surface area contributed by atoms with Crippen molar-refractivity contribution in [2.75, 3.05) is 14.2 Å². The van der Waals surface area contributed by atoms with E-state index in [0.29, 0.717) is 11.5 Å². The van der Waals surface area contributed by atoms with Crippen molar-refractivity contribution in [3.63, 3.8) is 0 Å². The second-order valence-corrected chi connectivity index (χ2v) is 9.61. The zero-order chi connectivity index (χ0) is 23.4. The number of ether oxygens (including phenoxy) is 2. The van der Waals surface area contributed by atoms with E-state index >= 15 is 0 Å². The van der Waals surface area contributed by atoms with Gasteiger partial charge in [-0.2, -0.15) is 9.40 Å². The number of hydrogen-bond donors (Lipinski definition) is 0. The fourth-order valence-corrected chi connectivity index (χ4v) is 4.36. The molecule has 0 amide bonds. The van der Waals surface area contributed by atoms with E-state index in [-0.39, 0.29) is 53.1 Å². The number of benzene rings is 2. The van der Waals surface area contributed by atoms with Crippen molar-refractivity contribution in [3.05, 3.63) is 71.9 Å². The number of hydrogen-bond acceptors (Lipinski definition) is 7. The van der Waals surface area contributed by atoms with E-state index in [4.69, 9.17) is 9.47 Å². The number of nitrogens with zero attached hydrogens (tertiary/aromatic N) is 3. The molecular formula is C23H27N3NaO6S-. The molecule has 9 nitrogen and oxygen atoms in total. The molecule has 34 heavy (non-hydrogen) atoms. The first kappa shape index (κ1) is 29.8. The first-order valence-electron chi connectivity index (χ1n) is 9.91. The molecule has 0 saturated heterocycles. The van der Waals surface area contributed by atoms with Crippen molar-refractivity contribution < 1.29 is 57.7 Å². The normalized spacial score (nSPS) is 11.3. The Hall–Kier alpha value is -2.21. The molecular weight excluding hydrogens is 469 g/mol. The average Bonchev–Trinajstić information content (AvgIpc) is 3.32. The predicted octanol–water partition coefficient (Wildman–Crippen LogP) is -0.0366. The summed E-state index contributed by atoms with van der Waals surface area (Å²) < 4.78 is 40.1. The standard InChI is InChI=1S/C23H26N3O5S.Na.H2O/c1-23(2,17-27)26-14-13-22(24-26)32(28,29)25(15-18-5-9-20(30-3)10-6-18)16-19-7-11-21(31-4)12-8-19;;/h5-14H,15-16H2,1-4H3;;1H2/q-1;+1;/p-1. The summed E-state index contributed by atoms with van der Waals surface area (Å²) in [6.45, 7) is 3.48. The molecule has 178 valence electrons. The number of rotatable bonds is 10. The largest absolute Gasteiger partial charge is 1.00 e. The Morgan fingerprint density at radius 1 is 0.912 bits per heavy atom. The van der Waals surface area contributed by atoms with Crippen LogP contribution >= 0.6 is 0 Å². The fraction of sp³-hybridized carbons (Fsp3) is 0.304. The van der Waals surface area contributed by atoms with Gasteiger partial charge in [-0.15, -0.1) is 0 Å². The molecule has 0 unspecified atom stereocenters. The minimum Gasteiger partial charge on any atom is -0.870 e. The summed E-state index contributed by atoms with van der Waals surface area (Å²) in [7, 11) is -0.821. The van der Waals surface area contributed by atoms with Crippen LogP contribution in [-0.4, -0.2) is 48.5 Å². The molecule has 0 bridgehead atoms. The van der Waals surface area contributed by atoms with Crippen molar-refractivity contribution >= 4 is 16.3 Å². The maximum atomic E-state index is 13.5. The number of aromatic nitrogens is 2. The molecule has 0 fully saturated rings. The van der Waals surface area contributed by atoms with Gasteiger partial charge in [-0.25, -0.2) is 14.7 Å². The SMILES string of the molecule is COc1ccc(CN(Cc2ccc(OC)cc2)S(=O)(=O)c2ccn(C(C)(C)[C-]=O)n2)cc1.[Na+].[OH-]. The van der Waals surface area contributed by atoms with Crippen LogP contribution < -0.4 is 39.0 Å². The van der Waals surface area contributed by atoms with Crippen molar-refractivity contribution in [3.8, 4) is 11.5 Å². The second-order valence-electron chi connectivity index (χ2n) is 7.73. The third-order valence-electron chi connectivity index (χ3n) is 5.03. The third kappa shape index (κ3) is 6.91. The summed E-state index contributed by atoms with van der Waals surface area (Å²) in [5.74, 6) is 1.37. The predicted molar refractivity (Wildman–Crippen MR) is 122 cm³/mol. The summed E-state index contributed by atoms with van der Waals surface area (Å²) in [6.07, 6.45) is 3.34.